The molecular formula is C16H17N3O5. The molecule has 2 N–H and O–H groups in total. The summed E-state index contributed by atoms with van der Waals surface area (Å²) in [6, 6.07) is 6.10. The third-order valence-electron chi connectivity index (χ3n) is 4.52. The van der Waals surface area contributed by atoms with E-state index in [1.807, 2.05) is 0 Å². The van der Waals surface area contributed by atoms with Crippen LogP contribution in [0.2, 0.25) is 0 Å². The first kappa shape index (κ1) is 16.0. The Bertz CT molecular complexity index is 820. The van der Waals surface area contributed by atoms with Crippen molar-refractivity contribution in [2.45, 2.75) is 37.8 Å². The van der Waals surface area contributed by atoms with Crippen LogP contribution < -0.4 is 5.32 Å². The molecule has 8 heteroatoms. The van der Waals surface area contributed by atoms with E-state index in [0.717, 1.165) is 12.8 Å². The minimum atomic E-state index is -1.17. The van der Waals surface area contributed by atoms with Gasteiger partial charge in [0.25, 0.3) is 5.69 Å². The van der Waals surface area contributed by atoms with Gasteiger partial charge < -0.3 is 15.0 Å². The number of hydrogen-bond donors (Lipinski definition) is 2. The molecule has 2 aromatic rings. The summed E-state index contributed by atoms with van der Waals surface area (Å²) < 4.78 is 1.65. The molecule has 3 rings (SSSR count). The Balaban J connectivity index is 1.78. The lowest BCUT2D eigenvalue weighted by Crippen LogP contribution is -2.53. The van der Waals surface area contributed by atoms with E-state index in [-0.39, 0.29) is 18.1 Å². The molecule has 1 aromatic carbocycles. The highest BCUT2D eigenvalue weighted by Gasteiger charge is 2.42. The zero-order chi connectivity index (χ0) is 17.3. The molecule has 1 fully saturated rings. The number of amides is 1. The van der Waals surface area contributed by atoms with Crippen LogP contribution in [0.3, 0.4) is 0 Å². The van der Waals surface area contributed by atoms with Gasteiger partial charge in [-0.25, -0.2) is 4.79 Å². The Morgan fingerprint density at radius 3 is 2.62 bits per heavy atom. The molecule has 0 saturated heterocycles. The summed E-state index contributed by atoms with van der Waals surface area (Å²) in [4.78, 5) is 34.1. The molecule has 0 aliphatic heterocycles. The van der Waals surface area contributed by atoms with E-state index in [0.29, 0.717) is 23.7 Å². The fourth-order valence-corrected chi connectivity index (χ4v) is 3.27. The van der Waals surface area contributed by atoms with E-state index in [4.69, 9.17) is 0 Å². The molecule has 24 heavy (non-hydrogen) atoms. The molecule has 0 unspecified atom stereocenters. The van der Waals surface area contributed by atoms with Crippen molar-refractivity contribution in [3.05, 3.63) is 40.6 Å². The van der Waals surface area contributed by atoms with Gasteiger partial charge in [0.15, 0.2) is 0 Å². The molecule has 1 heterocycles. The van der Waals surface area contributed by atoms with Crippen LogP contribution in [0.4, 0.5) is 5.69 Å². The first-order valence-corrected chi connectivity index (χ1v) is 7.69. The van der Waals surface area contributed by atoms with Gasteiger partial charge in [0.2, 0.25) is 5.91 Å². The number of nitro benzene ring substituents is 1. The van der Waals surface area contributed by atoms with E-state index in [2.05, 4.69) is 5.32 Å². The Hall–Kier alpha value is -2.90. The van der Waals surface area contributed by atoms with Gasteiger partial charge in [-0.15, -0.1) is 0 Å². The van der Waals surface area contributed by atoms with Gasteiger partial charge in [0, 0.05) is 29.2 Å². The fraction of sp³-hybridized carbons (Fsp3) is 0.375. The zero-order valence-corrected chi connectivity index (χ0v) is 12.9. The zero-order valence-electron chi connectivity index (χ0n) is 12.9. The summed E-state index contributed by atoms with van der Waals surface area (Å²) in [5.41, 5.74) is -0.495. The van der Waals surface area contributed by atoms with Crippen molar-refractivity contribution >= 4 is 28.5 Å². The van der Waals surface area contributed by atoms with Gasteiger partial charge in [0.1, 0.15) is 12.1 Å². The van der Waals surface area contributed by atoms with Gasteiger partial charge in [-0.1, -0.05) is 12.8 Å². The van der Waals surface area contributed by atoms with Crippen molar-refractivity contribution in [1.29, 1.82) is 0 Å². The predicted octanol–water partition coefficient (Wildman–Crippen LogP) is 2.06. The fourth-order valence-electron chi connectivity index (χ4n) is 3.27. The van der Waals surface area contributed by atoms with Crippen molar-refractivity contribution in [3.63, 3.8) is 0 Å². The molecule has 0 radical (unpaired) electrons. The van der Waals surface area contributed by atoms with Gasteiger partial charge in [-0.05, 0) is 25.0 Å². The van der Waals surface area contributed by atoms with E-state index in [9.17, 15) is 24.8 Å². The average Bonchev–Trinajstić information content (AvgIpc) is 3.15. The maximum Gasteiger partial charge on any atom is 0.329 e. The van der Waals surface area contributed by atoms with Gasteiger partial charge in [0.05, 0.1) is 4.92 Å². The van der Waals surface area contributed by atoms with Crippen molar-refractivity contribution in [1.82, 2.24) is 9.88 Å². The van der Waals surface area contributed by atoms with Crippen LogP contribution in [-0.2, 0) is 16.1 Å². The van der Waals surface area contributed by atoms with Crippen LogP contribution in [0.15, 0.2) is 30.5 Å². The molecule has 0 atom stereocenters. The summed E-state index contributed by atoms with van der Waals surface area (Å²) in [6.07, 6.45) is 4.10. The third-order valence-corrected chi connectivity index (χ3v) is 4.52. The molecule has 0 bridgehead atoms. The first-order valence-electron chi connectivity index (χ1n) is 7.69. The Kier molecular flexibility index (Phi) is 3.96. The highest BCUT2D eigenvalue weighted by molar-refractivity contribution is 5.89. The number of carboxylic acids is 1. The van der Waals surface area contributed by atoms with Crippen molar-refractivity contribution < 1.29 is 19.6 Å². The first-order chi connectivity index (χ1) is 11.4. The second kappa shape index (κ2) is 5.95. The van der Waals surface area contributed by atoms with Crippen LogP contribution >= 0.6 is 0 Å². The second-order valence-electron chi connectivity index (χ2n) is 6.09. The number of benzene rings is 1. The third kappa shape index (κ3) is 2.82. The highest BCUT2D eigenvalue weighted by atomic mass is 16.6. The standard InChI is InChI=1S/C16H17N3O5/c20-14(17-16(15(21)22)6-1-2-7-16)10-18-8-5-11-9-12(19(23)24)3-4-13(11)18/h3-5,8-9H,1-2,6-7,10H2,(H,17,20)(H,21,22). The topological polar surface area (TPSA) is 114 Å². The van der Waals surface area contributed by atoms with Gasteiger partial charge in [-0.3, -0.25) is 14.9 Å². The number of nitrogens with one attached hydrogen (secondary N) is 1. The number of non-ortho nitro benzene ring substituents is 1. The minimum absolute atomic E-state index is 0.0134. The second-order valence-corrected chi connectivity index (χ2v) is 6.09. The molecular weight excluding hydrogens is 314 g/mol. The highest BCUT2D eigenvalue weighted by Crippen LogP contribution is 2.30. The van der Waals surface area contributed by atoms with Crippen LogP contribution in [0.5, 0.6) is 0 Å². The summed E-state index contributed by atoms with van der Waals surface area (Å²) >= 11 is 0. The SMILES string of the molecule is O=C(Cn1ccc2cc([N+](=O)[O-])ccc21)NC1(C(=O)O)CCCC1. The molecule has 1 aromatic heterocycles. The number of hydrogen-bond acceptors (Lipinski definition) is 4. The summed E-state index contributed by atoms with van der Waals surface area (Å²) in [6.45, 7) is -0.0314. The summed E-state index contributed by atoms with van der Waals surface area (Å²) in [7, 11) is 0. The van der Waals surface area contributed by atoms with Crippen molar-refractivity contribution in [3.8, 4) is 0 Å². The number of aromatic nitrogens is 1. The Morgan fingerprint density at radius 1 is 1.29 bits per heavy atom. The molecule has 8 nitrogen and oxygen atoms in total. The number of carbonyl (C=O) groups is 2. The maximum atomic E-state index is 12.3. The van der Waals surface area contributed by atoms with E-state index >= 15 is 0 Å². The maximum absolute atomic E-state index is 12.3. The number of rotatable bonds is 5. The lowest BCUT2D eigenvalue weighted by molar-refractivity contribution is -0.384. The van der Waals surface area contributed by atoms with Crippen molar-refractivity contribution in [2.24, 2.45) is 0 Å². The average molecular weight is 331 g/mol. The molecule has 126 valence electrons. The Labute approximate surface area is 137 Å². The molecule has 1 amide bonds. The monoisotopic (exact) mass is 331 g/mol. The number of nitrogens with zero attached hydrogens (tertiary/aromatic N) is 2. The molecule has 1 aliphatic carbocycles. The number of nitro groups is 1. The predicted molar refractivity (Wildman–Crippen MR) is 85.6 cm³/mol. The number of carbonyl (C=O) groups excluding carboxylic acids is 1. The van der Waals surface area contributed by atoms with Gasteiger partial charge >= 0.3 is 5.97 Å². The van der Waals surface area contributed by atoms with Crippen LogP contribution in [0, 0.1) is 10.1 Å². The summed E-state index contributed by atoms with van der Waals surface area (Å²) in [5, 5.41) is 23.5. The summed E-state index contributed by atoms with van der Waals surface area (Å²) in [5.74, 6) is -1.38. The Morgan fingerprint density at radius 2 is 2.00 bits per heavy atom. The van der Waals surface area contributed by atoms with Crippen LogP contribution in [0.1, 0.15) is 25.7 Å². The molecule has 1 saturated carbocycles. The molecule has 0 spiro atoms. The van der Waals surface area contributed by atoms with E-state index < -0.39 is 16.4 Å². The number of fused-ring (bicyclic) bond motifs is 1. The van der Waals surface area contributed by atoms with Crippen LogP contribution in [0.25, 0.3) is 10.9 Å². The smallest absolute Gasteiger partial charge is 0.329 e. The number of carboxylic acid groups (broad SMARTS) is 1. The van der Waals surface area contributed by atoms with Crippen molar-refractivity contribution in [2.75, 3.05) is 0 Å². The minimum Gasteiger partial charge on any atom is -0.480 e. The normalized spacial score (nSPS) is 16.2. The lowest BCUT2D eigenvalue weighted by Gasteiger charge is -2.25. The largest absolute Gasteiger partial charge is 0.480 e. The van der Waals surface area contributed by atoms with E-state index in [1.54, 1.807) is 22.9 Å². The quantitative estimate of drug-likeness (QED) is 0.643. The lowest BCUT2D eigenvalue weighted by atomic mass is 9.98. The molecule has 1 aliphatic rings. The van der Waals surface area contributed by atoms with E-state index in [1.165, 1.54) is 12.1 Å². The number of aliphatic carboxylic acids is 1. The van der Waals surface area contributed by atoms with Crippen LogP contribution in [-0.4, -0.2) is 32.0 Å². The van der Waals surface area contributed by atoms with Gasteiger partial charge in [-0.2, -0.15) is 0 Å².